The van der Waals surface area contributed by atoms with Crippen LogP contribution in [0.4, 0.5) is 5.82 Å². The maximum absolute atomic E-state index is 5.48. The molecule has 4 heterocycles. The van der Waals surface area contributed by atoms with Gasteiger partial charge >= 0.3 is 0 Å². The number of ether oxygens (including phenoxy) is 1. The van der Waals surface area contributed by atoms with Crippen LogP contribution in [0, 0.1) is 0 Å². The Morgan fingerprint density at radius 2 is 2.00 bits per heavy atom. The Bertz CT molecular complexity index is 622. The van der Waals surface area contributed by atoms with E-state index in [-0.39, 0.29) is 0 Å². The summed E-state index contributed by atoms with van der Waals surface area (Å²) >= 11 is 0. The van der Waals surface area contributed by atoms with E-state index in [1.54, 1.807) is 0 Å². The molecule has 0 aliphatic carbocycles. The summed E-state index contributed by atoms with van der Waals surface area (Å²) in [5, 5.41) is 3.52. The summed E-state index contributed by atoms with van der Waals surface area (Å²) in [6.07, 6.45) is 5.76. The SMILES string of the molecule is CN=C(NCc1ccc(N2CCCC2)nc1)N1CCC(N2CCOCC2)C1. The maximum atomic E-state index is 5.48. The van der Waals surface area contributed by atoms with Gasteiger partial charge in [-0.1, -0.05) is 6.07 Å². The number of nitrogens with one attached hydrogen (secondary N) is 1. The maximum Gasteiger partial charge on any atom is 0.193 e. The summed E-state index contributed by atoms with van der Waals surface area (Å²) in [5.74, 6) is 2.10. The second-order valence-electron chi connectivity index (χ2n) is 7.66. The number of anilines is 1. The van der Waals surface area contributed by atoms with E-state index in [2.05, 4.69) is 42.1 Å². The van der Waals surface area contributed by atoms with Crippen LogP contribution in [0.2, 0.25) is 0 Å². The number of nitrogens with zero attached hydrogens (tertiary/aromatic N) is 5. The molecule has 148 valence electrons. The first kappa shape index (κ1) is 18.5. The predicted molar refractivity (Wildman–Crippen MR) is 108 cm³/mol. The Hall–Kier alpha value is -1.86. The summed E-state index contributed by atoms with van der Waals surface area (Å²) in [5.41, 5.74) is 1.20. The standard InChI is InChI=1S/C20H32N6O/c1-21-20(26-9-6-18(16-26)24-10-12-27-13-11-24)23-15-17-4-5-19(22-14-17)25-7-2-3-8-25/h4-5,14,18H,2-3,6-13,15-16H2,1H3,(H,21,23). The molecule has 0 spiro atoms. The zero-order chi connectivity index (χ0) is 18.5. The number of likely N-dealkylation sites (tertiary alicyclic amines) is 1. The van der Waals surface area contributed by atoms with Gasteiger partial charge < -0.3 is 19.9 Å². The van der Waals surface area contributed by atoms with E-state index < -0.39 is 0 Å². The molecule has 1 unspecified atom stereocenters. The molecule has 1 atom stereocenters. The van der Waals surface area contributed by atoms with Gasteiger partial charge in [-0.3, -0.25) is 9.89 Å². The summed E-state index contributed by atoms with van der Waals surface area (Å²) < 4.78 is 5.48. The fourth-order valence-corrected chi connectivity index (χ4v) is 4.34. The van der Waals surface area contributed by atoms with Crippen LogP contribution in [0.5, 0.6) is 0 Å². The van der Waals surface area contributed by atoms with Crippen molar-refractivity contribution < 1.29 is 4.74 Å². The zero-order valence-corrected chi connectivity index (χ0v) is 16.4. The fraction of sp³-hybridized carbons (Fsp3) is 0.700. The lowest BCUT2D eigenvalue weighted by atomic mass is 10.2. The highest BCUT2D eigenvalue weighted by molar-refractivity contribution is 5.80. The van der Waals surface area contributed by atoms with Gasteiger partial charge in [0.1, 0.15) is 5.82 Å². The van der Waals surface area contributed by atoms with E-state index in [0.29, 0.717) is 6.04 Å². The number of guanidine groups is 1. The van der Waals surface area contributed by atoms with E-state index >= 15 is 0 Å². The highest BCUT2D eigenvalue weighted by Crippen LogP contribution is 2.19. The molecule has 0 amide bonds. The fourth-order valence-electron chi connectivity index (χ4n) is 4.34. The lowest BCUT2D eigenvalue weighted by molar-refractivity contribution is 0.0195. The average molecular weight is 373 g/mol. The van der Waals surface area contributed by atoms with Gasteiger partial charge in [0.15, 0.2) is 5.96 Å². The Labute approximate surface area is 162 Å². The van der Waals surface area contributed by atoms with Crippen molar-refractivity contribution in [2.75, 3.05) is 64.4 Å². The monoisotopic (exact) mass is 372 g/mol. The first-order valence-electron chi connectivity index (χ1n) is 10.3. The average Bonchev–Trinajstić information content (AvgIpc) is 3.42. The molecule has 4 rings (SSSR count). The van der Waals surface area contributed by atoms with Gasteiger partial charge in [0.25, 0.3) is 0 Å². The normalized spacial score (nSPS) is 24.6. The molecule has 1 aromatic rings. The van der Waals surface area contributed by atoms with E-state index in [4.69, 9.17) is 4.74 Å². The van der Waals surface area contributed by atoms with Crippen molar-refractivity contribution in [3.05, 3.63) is 23.9 Å². The van der Waals surface area contributed by atoms with Crippen LogP contribution in [0.3, 0.4) is 0 Å². The lowest BCUT2D eigenvalue weighted by Gasteiger charge is -2.32. The summed E-state index contributed by atoms with van der Waals surface area (Å²) in [6, 6.07) is 4.95. The molecule has 1 aromatic heterocycles. The van der Waals surface area contributed by atoms with Gasteiger partial charge in [-0.2, -0.15) is 0 Å². The van der Waals surface area contributed by atoms with Crippen molar-refractivity contribution in [3.8, 4) is 0 Å². The van der Waals surface area contributed by atoms with Crippen LogP contribution in [-0.4, -0.2) is 86.3 Å². The summed E-state index contributed by atoms with van der Waals surface area (Å²) in [7, 11) is 1.87. The lowest BCUT2D eigenvalue weighted by Crippen LogP contribution is -2.46. The van der Waals surface area contributed by atoms with Crippen molar-refractivity contribution in [1.82, 2.24) is 20.1 Å². The highest BCUT2D eigenvalue weighted by atomic mass is 16.5. The smallest absolute Gasteiger partial charge is 0.193 e. The molecule has 3 aliphatic heterocycles. The molecule has 7 heteroatoms. The molecule has 0 radical (unpaired) electrons. The van der Waals surface area contributed by atoms with Gasteiger partial charge in [-0.05, 0) is 30.9 Å². The second kappa shape index (κ2) is 8.89. The number of rotatable bonds is 4. The van der Waals surface area contributed by atoms with Crippen molar-refractivity contribution >= 4 is 11.8 Å². The summed E-state index contributed by atoms with van der Waals surface area (Å²) in [4.78, 5) is 16.5. The van der Waals surface area contributed by atoms with E-state index in [9.17, 15) is 0 Å². The van der Waals surface area contributed by atoms with Crippen LogP contribution >= 0.6 is 0 Å². The Balaban J connectivity index is 1.28. The molecule has 27 heavy (non-hydrogen) atoms. The van der Waals surface area contributed by atoms with Gasteiger partial charge in [0, 0.05) is 65.1 Å². The molecule has 3 saturated heterocycles. The molecule has 0 aromatic carbocycles. The van der Waals surface area contributed by atoms with Gasteiger partial charge in [-0.25, -0.2) is 4.98 Å². The Kier molecular flexibility index (Phi) is 6.09. The molecular weight excluding hydrogens is 340 g/mol. The van der Waals surface area contributed by atoms with Crippen LogP contribution < -0.4 is 10.2 Å². The quantitative estimate of drug-likeness (QED) is 0.632. The van der Waals surface area contributed by atoms with Gasteiger partial charge in [0.2, 0.25) is 0 Å². The summed E-state index contributed by atoms with van der Waals surface area (Å²) in [6.45, 7) is 8.98. The number of hydrogen-bond donors (Lipinski definition) is 1. The van der Waals surface area contributed by atoms with Crippen molar-refractivity contribution in [2.45, 2.75) is 31.8 Å². The molecule has 0 saturated carbocycles. The minimum Gasteiger partial charge on any atom is -0.379 e. The number of morpholine rings is 1. The predicted octanol–water partition coefficient (Wildman–Crippen LogP) is 1.16. The van der Waals surface area contributed by atoms with Crippen LogP contribution in [-0.2, 0) is 11.3 Å². The van der Waals surface area contributed by atoms with E-state index in [0.717, 1.165) is 70.8 Å². The van der Waals surface area contributed by atoms with E-state index in [1.165, 1.54) is 24.8 Å². The number of aliphatic imine (C=N–C) groups is 1. The van der Waals surface area contributed by atoms with Crippen LogP contribution in [0.25, 0.3) is 0 Å². The van der Waals surface area contributed by atoms with Crippen molar-refractivity contribution in [2.24, 2.45) is 4.99 Å². The largest absolute Gasteiger partial charge is 0.379 e. The Morgan fingerprint density at radius 1 is 1.19 bits per heavy atom. The minimum absolute atomic E-state index is 0.619. The van der Waals surface area contributed by atoms with Crippen molar-refractivity contribution in [1.29, 1.82) is 0 Å². The topological polar surface area (TPSA) is 56.2 Å². The zero-order valence-electron chi connectivity index (χ0n) is 16.4. The van der Waals surface area contributed by atoms with Crippen molar-refractivity contribution in [3.63, 3.8) is 0 Å². The third-order valence-corrected chi connectivity index (χ3v) is 5.93. The van der Waals surface area contributed by atoms with E-state index in [1.807, 2.05) is 13.2 Å². The van der Waals surface area contributed by atoms with Crippen LogP contribution in [0.15, 0.2) is 23.3 Å². The minimum atomic E-state index is 0.619. The van der Waals surface area contributed by atoms with Gasteiger partial charge in [-0.15, -0.1) is 0 Å². The van der Waals surface area contributed by atoms with Crippen LogP contribution in [0.1, 0.15) is 24.8 Å². The molecule has 1 N–H and O–H groups in total. The second-order valence-corrected chi connectivity index (χ2v) is 7.66. The molecule has 0 bridgehead atoms. The third kappa shape index (κ3) is 4.52. The first-order chi connectivity index (χ1) is 13.3. The highest BCUT2D eigenvalue weighted by Gasteiger charge is 2.30. The Morgan fingerprint density at radius 3 is 2.70 bits per heavy atom. The number of aromatic nitrogens is 1. The van der Waals surface area contributed by atoms with Gasteiger partial charge in [0.05, 0.1) is 13.2 Å². The number of hydrogen-bond acceptors (Lipinski definition) is 5. The molecule has 3 fully saturated rings. The number of pyridine rings is 1. The third-order valence-electron chi connectivity index (χ3n) is 5.93. The molecule has 3 aliphatic rings. The molecular formula is C20H32N6O. The molecule has 7 nitrogen and oxygen atoms in total. The first-order valence-corrected chi connectivity index (χ1v) is 10.3.